The highest BCUT2D eigenvalue weighted by Gasteiger charge is 2.33. The van der Waals surface area contributed by atoms with Gasteiger partial charge in [-0.3, -0.25) is 34.6 Å². The van der Waals surface area contributed by atoms with Crippen LogP contribution >= 0.6 is 0 Å². The summed E-state index contributed by atoms with van der Waals surface area (Å²) < 4.78 is 0. The minimum absolute atomic E-state index is 0.0855. The number of Topliss-reactive ketones (excluding diaryl/α,β-unsaturated/α-hetero) is 1. The number of benzene rings is 3. The molecule has 1 fully saturated rings. The van der Waals surface area contributed by atoms with Gasteiger partial charge in [0.1, 0.15) is 6.04 Å². The molecule has 3 N–H and O–H groups in total. The highest BCUT2D eigenvalue weighted by molar-refractivity contribution is 6.15. The standard InChI is InChI=1S/C36H37N5O9/c42-33(10-6-1-2-7-19-37-36(45)46)38-32(22-25-8-4-3-5-9-25)35(44)39-23-28(20-26-11-15-30(16-12-26)40(47)48)34(43)29(24-39)21-27-13-17-31(18-14-27)41(49)50/h3-5,8-9,11-18,20-21,32,37H,1-2,6-7,10,19,22-24H2,(H,38,42)(H,45,46). The SMILES string of the molecule is O=C(O)NCCCCCCC(=O)NC(Cc1ccccc1)C(=O)N1CC(=Cc2ccc([N+](=O)[O-])cc2)C(=O)C(=Cc2ccc([N+](=O)[O-])cc2)C1. The van der Waals surface area contributed by atoms with Crippen LogP contribution in [-0.4, -0.2) is 69.2 Å². The molecular formula is C36H37N5O9. The molecule has 0 spiro atoms. The van der Waals surface area contributed by atoms with Gasteiger partial charge >= 0.3 is 6.09 Å². The van der Waals surface area contributed by atoms with E-state index in [9.17, 15) is 39.4 Å². The third-order valence-electron chi connectivity index (χ3n) is 8.03. The molecule has 3 aromatic rings. The highest BCUT2D eigenvalue weighted by atomic mass is 16.6. The van der Waals surface area contributed by atoms with Crippen molar-refractivity contribution < 1.29 is 34.1 Å². The number of nitro groups is 2. The van der Waals surface area contributed by atoms with Crippen LogP contribution in [0.4, 0.5) is 16.2 Å². The number of amides is 3. The minimum Gasteiger partial charge on any atom is -0.465 e. The lowest BCUT2D eigenvalue weighted by molar-refractivity contribution is -0.385. The third kappa shape index (κ3) is 10.9. The fraction of sp³-hybridized carbons (Fsp3) is 0.278. The van der Waals surface area contributed by atoms with E-state index in [1.807, 2.05) is 30.3 Å². The summed E-state index contributed by atoms with van der Waals surface area (Å²) in [4.78, 5) is 74.3. The number of hydrogen-bond acceptors (Lipinski definition) is 8. The van der Waals surface area contributed by atoms with Crippen molar-refractivity contribution >= 4 is 47.2 Å². The molecule has 4 rings (SSSR count). The number of likely N-dealkylation sites (tertiary alicyclic amines) is 1. The van der Waals surface area contributed by atoms with E-state index in [4.69, 9.17) is 5.11 Å². The van der Waals surface area contributed by atoms with Crippen LogP contribution in [0.25, 0.3) is 12.2 Å². The zero-order valence-corrected chi connectivity index (χ0v) is 27.2. The number of piperidine rings is 1. The topological polar surface area (TPSA) is 202 Å². The van der Waals surface area contributed by atoms with E-state index in [1.165, 1.54) is 53.4 Å². The van der Waals surface area contributed by atoms with Crippen LogP contribution in [0.1, 0.15) is 48.8 Å². The Morgan fingerprint density at radius 3 is 1.80 bits per heavy atom. The van der Waals surface area contributed by atoms with Gasteiger partial charge in [-0.15, -0.1) is 0 Å². The molecule has 0 bridgehead atoms. The summed E-state index contributed by atoms with van der Waals surface area (Å²) in [5.74, 6) is -1.09. The highest BCUT2D eigenvalue weighted by Crippen LogP contribution is 2.25. The molecule has 260 valence electrons. The van der Waals surface area contributed by atoms with E-state index in [0.29, 0.717) is 36.9 Å². The molecule has 1 saturated heterocycles. The van der Waals surface area contributed by atoms with Gasteiger partial charge in [0, 0.05) is 67.9 Å². The fourth-order valence-corrected chi connectivity index (χ4v) is 5.48. The molecule has 0 saturated carbocycles. The second kappa shape index (κ2) is 17.8. The molecule has 0 radical (unpaired) electrons. The first kappa shape index (κ1) is 36.7. The number of carboxylic acid groups (broad SMARTS) is 1. The molecule has 0 aliphatic carbocycles. The van der Waals surface area contributed by atoms with Crippen molar-refractivity contribution in [2.45, 2.75) is 44.6 Å². The summed E-state index contributed by atoms with van der Waals surface area (Å²) in [6, 6.07) is 19.5. The number of non-ortho nitro benzene ring substituents is 2. The molecule has 1 heterocycles. The molecule has 1 aliphatic rings. The number of rotatable bonds is 15. The van der Waals surface area contributed by atoms with Gasteiger partial charge in [-0.05, 0) is 65.9 Å². The Balaban J connectivity index is 1.58. The predicted molar refractivity (Wildman–Crippen MR) is 185 cm³/mol. The lowest BCUT2D eigenvalue weighted by atomic mass is 9.93. The largest absolute Gasteiger partial charge is 0.465 e. The Bertz CT molecular complexity index is 1690. The number of unbranched alkanes of at least 4 members (excludes halogenated alkanes) is 3. The van der Waals surface area contributed by atoms with E-state index in [1.54, 1.807) is 12.2 Å². The van der Waals surface area contributed by atoms with Gasteiger partial charge in [0.15, 0.2) is 5.78 Å². The van der Waals surface area contributed by atoms with Crippen LogP contribution in [0.3, 0.4) is 0 Å². The van der Waals surface area contributed by atoms with Gasteiger partial charge in [0.25, 0.3) is 11.4 Å². The van der Waals surface area contributed by atoms with Crippen LogP contribution in [0.15, 0.2) is 90.0 Å². The van der Waals surface area contributed by atoms with Gasteiger partial charge in [-0.25, -0.2) is 4.79 Å². The predicted octanol–water partition coefficient (Wildman–Crippen LogP) is 5.33. The number of hydrogen-bond donors (Lipinski definition) is 3. The summed E-state index contributed by atoms with van der Waals surface area (Å²) in [5.41, 5.74) is 2.09. The number of carbonyl (C=O) groups excluding carboxylic acids is 3. The molecule has 0 aromatic heterocycles. The summed E-state index contributed by atoms with van der Waals surface area (Å²) in [5, 5.41) is 36.2. The van der Waals surface area contributed by atoms with E-state index in [0.717, 1.165) is 12.0 Å². The number of nitro benzene ring substituents is 2. The maximum atomic E-state index is 14.2. The first-order chi connectivity index (χ1) is 24.0. The van der Waals surface area contributed by atoms with Crippen LogP contribution < -0.4 is 10.6 Å². The van der Waals surface area contributed by atoms with Crippen molar-refractivity contribution in [3.05, 3.63) is 127 Å². The summed E-state index contributed by atoms with van der Waals surface area (Å²) in [7, 11) is 0. The summed E-state index contributed by atoms with van der Waals surface area (Å²) >= 11 is 0. The average Bonchev–Trinajstić information content (AvgIpc) is 3.09. The van der Waals surface area contributed by atoms with Crippen LogP contribution in [-0.2, 0) is 20.8 Å². The zero-order valence-electron chi connectivity index (χ0n) is 27.2. The van der Waals surface area contributed by atoms with Crippen molar-refractivity contribution in [1.82, 2.24) is 15.5 Å². The van der Waals surface area contributed by atoms with Crippen molar-refractivity contribution in [3.8, 4) is 0 Å². The quantitative estimate of drug-likeness (QED) is 0.0819. The maximum absolute atomic E-state index is 14.2. The second-order valence-electron chi connectivity index (χ2n) is 11.8. The van der Waals surface area contributed by atoms with Crippen molar-refractivity contribution in [1.29, 1.82) is 0 Å². The van der Waals surface area contributed by atoms with Crippen molar-refractivity contribution in [2.75, 3.05) is 19.6 Å². The maximum Gasteiger partial charge on any atom is 0.404 e. The summed E-state index contributed by atoms with van der Waals surface area (Å²) in [6.45, 7) is 0.157. The van der Waals surface area contributed by atoms with E-state index >= 15 is 0 Å². The Morgan fingerprint density at radius 2 is 1.30 bits per heavy atom. The number of nitrogens with zero attached hydrogens (tertiary/aromatic N) is 3. The van der Waals surface area contributed by atoms with Crippen molar-refractivity contribution in [3.63, 3.8) is 0 Å². The van der Waals surface area contributed by atoms with Gasteiger partial charge < -0.3 is 20.6 Å². The Kier molecular flexibility index (Phi) is 13.1. The van der Waals surface area contributed by atoms with Gasteiger partial charge in [-0.1, -0.05) is 43.2 Å². The Hall–Kier alpha value is -6.18. The molecule has 14 nitrogen and oxygen atoms in total. The molecular weight excluding hydrogens is 646 g/mol. The van der Waals surface area contributed by atoms with E-state index in [2.05, 4.69) is 10.6 Å². The lowest BCUT2D eigenvalue weighted by Crippen LogP contribution is -2.52. The third-order valence-corrected chi connectivity index (χ3v) is 8.03. The van der Waals surface area contributed by atoms with Crippen LogP contribution in [0.2, 0.25) is 0 Å². The Morgan fingerprint density at radius 1 is 0.780 bits per heavy atom. The van der Waals surface area contributed by atoms with Gasteiger partial charge in [0.2, 0.25) is 11.8 Å². The normalized spacial score (nSPS) is 15.0. The number of ketones is 1. The first-order valence-corrected chi connectivity index (χ1v) is 16.0. The van der Waals surface area contributed by atoms with Gasteiger partial charge in [0.05, 0.1) is 9.85 Å². The average molecular weight is 684 g/mol. The Labute approximate surface area is 287 Å². The van der Waals surface area contributed by atoms with E-state index < -0.39 is 27.9 Å². The summed E-state index contributed by atoms with van der Waals surface area (Å²) in [6.07, 6.45) is 5.02. The van der Waals surface area contributed by atoms with E-state index in [-0.39, 0.29) is 60.1 Å². The number of carbonyl (C=O) groups is 4. The fourth-order valence-electron chi connectivity index (χ4n) is 5.48. The molecule has 1 aliphatic heterocycles. The zero-order chi connectivity index (χ0) is 36.0. The smallest absolute Gasteiger partial charge is 0.404 e. The first-order valence-electron chi connectivity index (χ1n) is 16.0. The molecule has 14 heteroatoms. The molecule has 1 unspecified atom stereocenters. The molecule has 3 amide bonds. The minimum atomic E-state index is -1.08. The lowest BCUT2D eigenvalue weighted by Gasteiger charge is -2.33. The monoisotopic (exact) mass is 683 g/mol. The van der Waals surface area contributed by atoms with Crippen LogP contribution in [0, 0.1) is 20.2 Å². The molecule has 3 aromatic carbocycles. The molecule has 50 heavy (non-hydrogen) atoms. The molecule has 1 atom stereocenters. The van der Waals surface area contributed by atoms with Crippen LogP contribution in [0.5, 0.6) is 0 Å². The van der Waals surface area contributed by atoms with Crippen molar-refractivity contribution in [2.24, 2.45) is 0 Å². The number of nitrogens with one attached hydrogen (secondary N) is 2. The van der Waals surface area contributed by atoms with Gasteiger partial charge in [-0.2, -0.15) is 0 Å². The second-order valence-corrected chi connectivity index (χ2v) is 11.8.